The SMILES string of the molecule is [B].[B]OC(=O)C(=O)O.[H-].[H-].[H-].[H-].[H-].[Li+].[Mg+2].[Mg+2]. The quantitative estimate of drug-likeness (QED) is 0.293. The maximum Gasteiger partial charge on any atom is 2.00 e. The maximum absolute atomic E-state index is 9.56. The summed E-state index contributed by atoms with van der Waals surface area (Å²) in [6.45, 7) is 0. The Morgan fingerprint density at radius 2 is 1.64 bits per heavy atom. The predicted octanol–water partition coefficient (Wildman–Crippen LogP) is -4.88. The van der Waals surface area contributed by atoms with Crippen molar-refractivity contribution in [3.63, 3.8) is 0 Å². The van der Waals surface area contributed by atoms with Crippen LogP contribution in [0.4, 0.5) is 0 Å². The molecule has 0 fully saturated rings. The van der Waals surface area contributed by atoms with E-state index in [2.05, 4.69) is 12.7 Å². The van der Waals surface area contributed by atoms with Gasteiger partial charge in [-0.1, -0.05) is 0 Å². The summed E-state index contributed by atoms with van der Waals surface area (Å²) in [7, 11) is 4.14. The van der Waals surface area contributed by atoms with Crippen molar-refractivity contribution in [2.75, 3.05) is 0 Å². The van der Waals surface area contributed by atoms with Crippen LogP contribution in [0.2, 0.25) is 0 Å². The minimum absolute atomic E-state index is 0. The fourth-order valence-electron chi connectivity index (χ4n) is 0.0504. The second-order valence-corrected chi connectivity index (χ2v) is 0.710. The second kappa shape index (κ2) is 17.3. The van der Waals surface area contributed by atoms with Crippen molar-refractivity contribution in [1.29, 1.82) is 0 Å². The van der Waals surface area contributed by atoms with E-state index in [1.54, 1.807) is 0 Å². The Bertz CT molecular complexity index is 127. The minimum atomic E-state index is -1.69. The normalized spacial score (nSPS) is 4.73. The molecular weight excluding hydrogens is 165 g/mol. The summed E-state index contributed by atoms with van der Waals surface area (Å²) < 4.78 is 3.27. The smallest absolute Gasteiger partial charge is 1.00 e. The monoisotopic (exact) mass is 171 g/mol. The number of rotatable bonds is 0. The van der Waals surface area contributed by atoms with Gasteiger partial charge in [0.05, 0.1) is 0 Å². The molecule has 0 saturated heterocycles. The molecule has 49 valence electrons. The Balaban J connectivity index is -0.00000000500. The summed E-state index contributed by atoms with van der Waals surface area (Å²) >= 11 is 0. The van der Waals surface area contributed by atoms with Crippen LogP contribution in [-0.2, 0) is 14.2 Å². The van der Waals surface area contributed by atoms with E-state index in [9.17, 15) is 9.59 Å². The first-order valence-corrected chi connectivity index (χ1v) is 1.32. The number of carboxylic acids is 1. The van der Waals surface area contributed by atoms with Crippen molar-refractivity contribution in [3.05, 3.63) is 0 Å². The van der Waals surface area contributed by atoms with Crippen LogP contribution >= 0.6 is 0 Å². The van der Waals surface area contributed by atoms with Gasteiger partial charge in [0.2, 0.25) is 0 Å². The molecule has 0 saturated carbocycles. The third-order valence-electron chi connectivity index (χ3n) is 0.282. The van der Waals surface area contributed by atoms with E-state index >= 15 is 0 Å². The Labute approximate surface area is 119 Å². The molecule has 0 aromatic heterocycles. The average molecular weight is 171 g/mol. The van der Waals surface area contributed by atoms with Crippen LogP contribution in [0.1, 0.15) is 7.13 Å². The number of carbonyl (C=O) groups is 2. The standard InChI is InChI=1S/C2HBO4.B.Li.2Mg.5H/c3-7-2(6)1(4)5;;;;;;;;;/h(H,4,5);;;;;;;;;/q;;+1;2*+2;5*-1. The molecule has 5 radical (unpaired) electrons. The van der Waals surface area contributed by atoms with Gasteiger partial charge >= 0.3 is 85.0 Å². The zero-order chi connectivity index (χ0) is 5.86. The van der Waals surface area contributed by atoms with Crippen LogP contribution in [0.25, 0.3) is 0 Å². The number of hydrogen-bond acceptors (Lipinski definition) is 3. The summed E-state index contributed by atoms with van der Waals surface area (Å²) in [6.07, 6.45) is 0. The van der Waals surface area contributed by atoms with Gasteiger partial charge in [0, 0.05) is 8.41 Å². The predicted molar refractivity (Wildman–Crippen MR) is 42.3 cm³/mol. The molecule has 0 rings (SSSR count). The molecule has 0 amide bonds. The first-order valence-electron chi connectivity index (χ1n) is 1.32. The Morgan fingerprint density at radius 3 is 1.64 bits per heavy atom. The molecule has 9 heteroatoms. The van der Waals surface area contributed by atoms with Crippen LogP contribution in [0, 0.1) is 0 Å². The molecule has 0 aliphatic rings. The zero-order valence-corrected chi connectivity index (χ0v) is 9.07. The molecule has 0 heterocycles. The third kappa shape index (κ3) is 18.3. The van der Waals surface area contributed by atoms with E-state index in [0.717, 1.165) is 0 Å². The van der Waals surface area contributed by atoms with Crippen LogP contribution < -0.4 is 18.9 Å². The third-order valence-corrected chi connectivity index (χ3v) is 0.282. The van der Waals surface area contributed by atoms with Gasteiger partial charge in [-0.05, 0) is 0 Å². The van der Waals surface area contributed by atoms with Gasteiger partial charge in [-0.15, -0.1) is 0 Å². The fourth-order valence-corrected chi connectivity index (χ4v) is 0.0504. The molecule has 0 aromatic carbocycles. The van der Waals surface area contributed by atoms with Crippen LogP contribution in [-0.4, -0.2) is 79.6 Å². The molecule has 0 unspecified atom stereocenters. The van der Waals surface area contributed by atoms with Gasteiger partial charge in [0.1, 0.15) is 0 Å². The van der Waals surface area contributed by atoms with Crippen molar-refractivity contribution in [3.8, 4) is 0 Å². The Hall–Kier alpha value is 1.20. The average Bonchev–Trinajstić information content (AvgIpc) is 1.65. The van der Waals surface area contributed by atoms with Crippen molar-refractivity contribution in [2.45, 2.75) is 0 Å². The maximum atomic E-state index is 9.56. The van der Waals surface area contributed by atoms with Crippen molar-refractivity contribution in [1.82, 2.24) is 0 Å². The van der Waals surface area contributed by atoms with Crippen LogP contribution in [0.3, 0.4) is 0 Å². The molecule has 0 bridgehead atoms. The van der Waals surface area contributed by atoms with E-state index in [1.807, 2.05) is 0 Å². The van der Waals surface area contributed by atoms with Gasteiger partial charge in [-0.25, -0.2) is 9.59 Å². The molecule has 0 spiro atoms. The topological polar surface area (TPSA) is 63.6 Å². The molecule has 0 aliphatic heterocycles. The van der Waals surface area contributed by atoms with Gasteiger partial charge < -0.3 is 16.9 Å². The van der Waals surface area contributed by atoms with Crippen molar-refractivity contribution in [2.24, 2.45) is 0 Å². The summed E-state index contributed by atoms with van der Waals surface area (Å²) in [5.74, 6) is -3.15. The van der Waals surface area contributed by atoms with E-state index < -0.39 is 11.9 Å². The van der Waals surface area contributed by atoms with Crippen LogP contribution in [0.5, 0.6) is 0 Å². The van der Waals surface area contributed by atoms with Gasteiger partial charge in [-0.3, -0.25) is 0 Å². The fraction of sp³-hybridized carbons (Fsp3) is 0. The van der Waals surface area contributed by atoms with Gasteiger partial charge in [0.25, 0.3) is 0 Å². The first kappa shape index (κ1) is 29.5. The molecule has 11 heavy (non-hydrogen) atoms. The number of hydrogen-bond donors (Lipinski definition) is 1. The van der Waals surface area contributed by atoms with E-state index in [-0.39, 0.29) is 80.5 Å². The summed E-state index contributed by atoms with van der Waals surface area (Å²) in [5, 5.41) is 7.63. The molecule has 0 atom stereocenters. The Morgan fingerprint density at radius 1 is 1.36 bits per heavy atom. The second-order valence-electron chi connectivity index (χ2n) is 0.710. The molecule has 0 aliphatic carbocycles. The van der Waals surface area contributed by atoms with Gasteiger partial charge in [-0.2, -0.15) is 0 Å². The Kier molecular flexibility index (Phi) is 46.5. The zero-order valence-electron chi connectivity index (χ0n) is 11.2. The number of carbonyl (C=O) groups excluding carboxylic acids is 1. The summed E-state index contributed by atoms with van der Waals surface area (Å²) in [4.78, 5) is 18.9. The van der Waals surface area contributed by atoms with Gasteiger partial charge in [0.15, 0.2) is 0 Å². The molecular formula is C2H6B2LiMg2O4. The summed E-state index contributed by atoms with van der Waals surface area (Å²) in [6, 6.07) is 0. The van der Waals surface area contributed by atoms with E-state index in [1.165, 1.54) is 0 Å². The molecule has 1 N–H and O–H groups in total. The van der Waals surface area contributed by atoms with Crippen molar-refractivity contribution >= 4 is 74.5 Å². The van der Waals surface area contributed by atoms with E-state index in [0.29, 0.717) is 0 Å². The van der Waals surface area contributed by atoms with E-state index in [4.69, 9.17) is 5.11 Å². The van der Waals surface area contributed by atoms with Crippen molar-refractivity contribution < 1.29 is 45.3 Å². The molecule has 4 nitrogen and oxygen atoms in total. The van der Waals surface area contributed by atoms with Crippen LogP contribution in [0.15, 0.2) is 0 Å². The largest absolute Gasteiger partial charge is 2.00 e. The molecule has 0 aromatic rings. The number of aliphatic carboxylic acids is 1. The number of carboxylic acid groups (broad SMARTS) is 1. The minimum Gasteiger partial charge on any atom is -1.00 e. The summed E-state index contributed by atoms with van der Waals surface area (Å²) in [5.41, 5.74) is 0. The first-order chi connectivity index (χ1) is 3.18.